The lowest BCUT2D eigenvalue weighted by Gasteiger charge is -2.31. The summed E-state index contributed by atoms with van der Waals surface area (Å²) in [4.78, 5) is 55.0. The van der Waals surface area contributed by atoms with Crippen molar-refractivity contribution in [2.45, 2.75) is 97.0 Å². The van der Waals surface area contributed by atoms with E-state index in [0.29, 0.717) is 11.1 Å². The second-order valence-corrected chi connectivity index (χ2v) is 15.7. The normalized spacial score (nSPS) is 21.6. The van der Waals surface area contributed by atoms with Crippen LogP contribution in [0.5, 0.6) is 5.75 Å². The summed E-state index contributed by atoms with van der Waals surface area (Å²) >= 11 is 0. The Labute approximate surface area is 323 Å². The molecule has 0 saturated carbocycles. The van der Waals surface area contributed by atoms with Crippen molar-refractivity contribution >= 4 is 43.0 Å². The second kappa shape index (κ2) is 18.2. The molecule has 3 heterocycles. The number of carbonyl (C=O) groups excluding carboxylic acids is 4. The maximum Gasteiger partial charge on any atom is 0.459 e. The Bertz CT molecular complexity index is 1980. The van der Waals surface area contributed by atoms with E-state index in [9.17, 15) is 29.0 Å². The topological polar surface area (TPSA) is 268 Å². The zero-order chi connectivity index (χ0) is 41.5. The van der Waals surface area contributed by atoms with Gasteiger partial charge < -0.3 is 39.7 Å². The van der Waals surface area contributed by atoms with E-state index in [2.05, 4.69) is 15.2 Å². The summed E-state index contributed by atoms with van der Waals surface area (Å²) in [6.45, 7) is 10.1. The Morgan fingerprint density at radius 1 is 0.982 bits per heavy atom. The van der Waals surface area contributed by atoms with Gasteiger partial charge >= 0.3 is 31.6 Å². The van der Waals surface area contributed by atoms with Crippen molar-refractivity contribution in [1.82, 2.24) is 19.7 Å². The molecule has 4 rings (SSSR count). The number of hydrogen-bond donors (Lipinski definition) is 3. The molecular weight excluding hydrogens is 753 g/mol. The highest BCUT2D eigenvalue weighted by Gasteiger charge is 2.62. The largest absolute Gasteiger partial charge is 0.468 e. The number of methoxy groups -OCH3 is 1. The van der Waals surface area contributed by atoms with E-state index in [1.54, 1.807) is 65.8 Å². The molecule has 304 valence electrons. The average Bonchev–Trinajstić information content (AvgIpc) is 3.70. The van der Waals surface area contributed by atoms with Gasteiger partial charge in [-0.05, 0) is 57.0 Å². The Balaban J connectivity index is 1.74. The second-order valence-electron chi connectivity index (χ2n) is 14.0. The number of nitrogens with one attached hydrogen (secondary N) is 1. The molecule has 5 N–H and O–H groups in total. The minimum atomic E-state index is -4.69. The van der Waals surface area contributed by atoms with E-state index in [0.717, 1.165) is 7.11 Å². The molecule has 1 aliphatic rings. The van der Waals surface area contributed by atoms with Gasteiger partial charge in [-0.25, -0.2) is 14.1 Å². The first-order valence-corrected chi connectivity index (χ1v) is 19.3. The van der Waals surface area contributed by atoms with Gasteiger partial charge in [0.25, 0.3) is 0 Å². The third-order valence-corrected chi connectivity index (χ3v) is 10.1. The average molecular weight is 802 g/mol. The number of fused-ring (bicyclic) bond motifs is 1. The highest BCUT2D eigenvalue weighted by atomic mass is 31.2. The van der Waals surface area contributed by atoms with Crippen LogP contribution in [0.1, 0.15) is 65.8 Å². The van der Waals surface area contributed by atoms with Crippen LogP contribution in [0.3, 0.4) is 0 Å². The molecule has 7 atom stereocenters. The van der Waals surface area contributed by atoms with Gasteiger partial charge in [0.1, 0.15) is 48.5 Å². The SMILES string of the molecule is COC(=O)C(C)NP(=O)(OC[C@@]1(C#N)O[C@@H](c2ccc3c(N)ncnn23)[C@H](OC(=O)C(C)C)[C@@H]1OC(=O)C(C)C)Oc1ccc(CC(N)C(=O)OC(C)C)cc1. The highest BCUT2D eigenvalue weighted by Crippen LogP contribution is 2.50. The van der Waals surface area contributed by atoms with E-state index in [4.69, 9.17) is 44.2 Å². The van der Waals surface area contributed by atoms with Crippen LogP contribution >= 0.6 is 7.75 Å². The molecule has 20 heteroatoms. The van der Waals surface area contributed by atoms with Crippen LogP contribution in [-0.2, 0) is 58.4 Å². The molecule has 56 heavy (non-hydrogen) atoms. The van der Waals surface area contributed by atoms with Gasteiger partial charge in [-0.15, -0.1) is 0 Å². The van der Waals surface area contributed by atoms with Crippen LogP contribution in [0.25, 0.3) is 5.52 Å². The van der Waals surface area contributed by atoms with Gasteiger partial charge in [-0.1, -0.05) is 39.8 Å². The summed E-state index contributed by atoms with van der Waals surface area (Å²) in [5.41, 5.74) is 11.0. The number of hydrogen-bond acceptors (Lipinski definition) is 17. The summed E-state index contributed by atoms with van der Waals surface area (Å²) < 4.78 is 55.7. The lowest BCUT2D eigenvalue weighted by atomic mass is 9.95. The van der Waals surface area contributed by atoms with Crippen LogP contribution in [0.4, 0.5) is 5.82 Å². The van der Waals surface area contributed by atoms with Crippen molar-refractivity contribution in [3.8, 4) is 11.8 Å². The molecule has 1 fully saturated rings. The molecule has 1 saturated heterocycles. The highest BCUT2D eigenvalue weighted by molar-refractivity contribution is 7.52. The number of nitrogen functional groups attached to an aromatic ring is 1. The minimum Gasteiger partial charge on any atom is -0.468 e. The number of nitrogens with two attached hydrogens (primary N) is 2. The van der Waals surface area contributed by atoms with Crippen molar-refractivity contribution in [3.63, 3.8) is 0 Å². The van der Waals surface area contributed by atoms with Gasteiger partial charge in [0.15, 0.2) is 18.0 Å². The van der Waals surface area contributed by atoms with Gasteiger partial charge in [0, 0.05) is 0 Å². The number of rotatable bonds is 17. The number of ether oxygens (including phenoxy) is 5. The van der Waals surface area contributed by atoms with Crippen molar-refractivity contribution in [2.75, 3.05) is 19.5 Å². The fourth-order valence-electron chi connectivity index (χ4n) is 5.48. The van der Waals surface area contributed by atoms with Gasteiger partial charge in [-0.3, -0.25) is 23.7 Å². The summed E-state index contributed by atoms with van der Waals surface area (Å²) in [5.74, 6) is -4.14. The van der Waals surface area contributed by atoms with E-state index in [1.165, 1.54) is 29.9 Å². The lowest BCUT2D eigenvalue weighted by molar-refractivity contribution is -0.173. The molecule has 2 aromatic heterocycles. The lowest BCUT2D eigenvalue weighted by Crippen LogP contribution is -2.50. The van der Waals surface area contributed by atoms with E-state index < -0.39 is 86.1 Å². The maximum absolute atomic E-state index is 14.6. The molecule has 19 nitrogen and oxygen atoms in total. The van der Waals surface area contributed by atoms with E-state index >= 15 is 0 Å². The zero-order valence-corrected chi connectivity index (χ0v) is 33.3. The van der Waals surface area contributed by atoms with E-state index in [-0.39, 0.29) is 29.8 Å². The van der Waals surface area contributed by atoms with Gasteiger partial charge in [-0.2, -0.15) is 15.4 Å². The first kappa shape index (κ1) is 43.6. The monoisotopic (exact) mass is 801 g/mol. The molecule has 1 aromatic carbocycles. The number of esters is 4. The Kier molecular flexibility index (Phi) is 14.2. The van der Waals surface area contributed by atoms with Crippen molar-refractivity contribution in [3.05, 3.63) is 54.0 Å². The predicted molar refractivity (Wildman–Crippen MR) is 197 cm³/mol. The standard InChI is InChI=1S/C36H48N7O12P/c1-19(2)32(44)52-29-28(26-13-14-27-31(39)40-18-41-43(26)27)54-36(16-37,30(29)53-33(45)20(3)4)17-50-56(48,42-22(7)34(46)49-8)55-24-11-9-23(10-12-24)15-25(38)35(47)51-21(5)6/h9-14,18-22,25,28-30H,15,17,38H2,1-8H3,(H,42,48)(H2,39,40,41)/t22?,25?,28-,29-,30-,36+,56?/m0/s1. The van der Waals surface area contributed by atoms with Crippen LogP contribution in [0.15, 0.2) is 42.7 Å². The summed E-state index contributed by atoms with van der Waals surface area (Å²) in [6, 6.07) is 8.93. The zero-order valence-electron chi connectivity index (χ0n) is 32.4. The smallest absolute Gasteiger partial charge is 0.459 e. The summed E-state index contributed by atoms with van der Waals surface area (Å²) in [6.07, 6.45) is -3.51. The number of nitrogens with zero attached hydrogens (tertiary/aromatic N) is 4. The number of nitriles is 1. The summed E-state index contributed by atoms with van der Waals surface area (Å²) in [5, 5.41) is 17.6. The fraction of sp³-hybridized carbons (Fsp3) is 0.528. The first-order chi connectivity index (χ1) is 26.3. The minimum absolute atomic E-state index is 0.0142. The molecule has 0 bridgehead atoms. The van der Waals surface area contributed by atoms with Crippen LogP contribution < -0.4 is 21.1 Å². The quantitative estimate of drug-likeness (QED) is 0.101. The molecule has 0 radical (unpaired) electrons. The van der Waals surface area contributed by atoms with Crippen LogP contribution in [0.2, 0.25) is 0 Å². The van der Waals surface area contributed by atoms with Gasteiger partial charge in [0.2, 0.25) is 5.60 Å². The number of aromatic nitrogens is 3. The number of carbonyl (C=O) groups is 4. The van der Waals surface area contributed by atoms with Crippen LogP contribution in [-0.4, -0.2) is 88.2 Å². The molecule has 0 spiro atoms. The molecule has 3 aromatic rings. The molecule has 1 aliphatic heterocycles. The molecular formula is C36H48N7O12P. The number of anilines is 1. The maximum atomic E-state index is 14.6. The summed E-state index contributed by atoms with van der Waals surface area (Å²) in [7, 11) is -3.56. The number of benzene rings is 1. The predicted octanol–water partition coefficient (Wildman–Crippen LogP) is 2.96. The first-order valence-electron chi connectivity index (χ1n) is 17.8. The Hall–Kier alpha value is -5.12. The molecule has 0 aliphatic carbocycles. The Morgan fingerprint density at radius 2 is 1.62 bits per heavy atom. The molecule has 3 unspecified atom stereocenters. The van der Waals surface area contributed by atoms with Crippen LogP contribution in [0, 0.1) is 23.2 Å². The van der Waals surface area contributed by atoms with Crippen molar-refractivity contribution < 1.29 is 56.5 Å². The fourth-order valence-corrected chi connectivity index (χ4v) is 7.00. The molecule has 0 amide bonds. The van der Waals surface area contributed by atoms with Crippen molar-refractivity contribution in [1.29, 1.82) is 5.26 Å². The van der Waals surface area contributed by atoms with Gasteiger partial charge in [0.05, 0.1) is 30.7 Å². The Morgan fingerprint density at radius 3 is 2.21 bits per heavy atom. The third kappa shape index (κ3) is 10.2. The van der Waals surface area contributed by atoms with Crippen molar-refractivity contribution in [2.24, 2.45) is 17.6 Å². The van der Waals surface area contributed by atoms with E-state index in [1.807, 2.05) is 6.07 Å². The third-order valence-electron chi connectivity index (χ3n) is 8.44.